The Hall–Kier alpha value is -0.170. The largest absolute Gasteiger partial charge is 0.374 e. The molecule has 1 aliphatic heterocycles. The molecule has 3 nitrogen and oxygen atoms in total. The summed E-state index contributed by atoms with van der Waals surface area (Å²) in [5.74, 6) is 0. The van der Waals surface area contributed by atoms with Crippen molar-refractivity contribution >= 4 is 22.6 Å². The fourth-order valence-electron chi connectivity index (χ4n) is 1.65. The van der Waals surface area contributed by atoms with Gasteiger partial charge >= 0.3 is 0 Å². The third-order valence-electron chi connectivity index (χ3n) is 2.62. The van der Waals surface area contributed by atoms with Crippen LogP contribution in [0.25, 0.3) is 0 Å². The van der Waals surface area contributed by atoms with Gasteiger partial charge in [-0.05, 0) is 5.56 Å². The molecular weight excluding hydrogens is 331 g/mol. The van der Waals surface area contributed by atoms with Gasteiger partial charge in [0.15, 0.2) is 0 Å². The summed E-state index contributed by atoms with van der Waals surface area (Å²) < 4.78 is 17.9. The molecule has 0 unspecified atom stereocenters. The van der Waals surface area contributed by atoms with Crippen molar-refractivity contribution in [3.8, 4) is 0 Å². The van der Waals surface area contributed by atoms with Gasteiger partial charge in [0.25, 0.3) is 0 Å². The molecule has 0 saturated carbocycles. The summed E-state index contributed by atoms with van der Waals surface area (Å²) in [4.78, 5) is 0. The normalized spacial score (nSPS) is 24.8. The first kappa shape index (κ1) is 13.3. The Balaban J connectivity index is 1.63. The van der Waals surface area contributed by atoms with E-state index in [-0.39, 0.29) is 12.2 Å². The second kappa shape index (κ2) is 7.31. The molecule has 1 fully saturated rings. The molecule has 94 valence electrons. The van der Waals surface area contributed by atoms with E-state index in [1.165, 1.54) is 5.56 Å². The fourth-order valence-corrected chi connectivity index (χ4v) is 2.16. The number of rotatable bonds is 5. The van der Waals surface area contributed by atoms with E-state index >= 15 is 0 Å². The van der Waals surface area contributed by atoms with E-state index in [0.717, 1.165) is 4.43 Å². The molecule has 17 heavy (non-hydrogen) atoms. The van der Waals surface area contributed by atoms with Crippen LogP contribution in [-0.2, 0) is 20.8 Å². The van der Waals surface area contributed by atoms with Crippen molar-refractivity contribution in [1.82, 2.24) is 0 Å². The molecule has 0 amide bonds. The minimum atomic E-state index is 0.0814. The molecule has 1 saturated heterocycles. The number of ether oxygens (including phenoxy) is 3. The maximum absolute atomic E-state index is 5.66. The van der Waals surface area contributed by atoms with Crippen LogP contribution in [0.1, 0.15) is 5.56 Å². The minimum Gasteiger partial charge on any atom is -0.374 e. The summed E-state index contributed by atoms with van der Waals surface area (Å²) in [6.45, 7) is 2.56. The van der Waals surface area contributed by atoms with Crippen LogP contribution in [-0.4, -0.2) is 36.5 Å². The number of benzene rings is 1. The first-order valence-corrected chi connectivity index (χ1v) is 7.32. The molecule has 0 N–H and O–H groups in total. The number of alkyl halides is 1. The zero-order chi connectivity index (χ0) is 11.9. The van der Waals surface area contributed by atoms with Gasteiger partial charge < -0.3 is 14.2 Å². The Morgan fingerprint density at radius 2 is 1.82 bits per heavy atom. The van der Waals surface area contributed by atoms with Crippen LogP contribution in [0.3, 0.4) is 0 Å². The van der Waals surface area contributed by atoms with E-state index in [2.05, 4.69) is 34.7 Å². The summed E-state index contributed by atoms with van der Waals surface area (Å²) in [5, 5.41) is 0. The lowest BCUT2D eigenvalue weighted by Gasteiger charge is -2.28. The van der Waals surface area contributed by atoms with Gasteiger partial charge in [0.1, 0.15) is 6.10 Å². The lowest BCUT2D eigenvalue weighted by Crippen LogP contribution is -2.38. The van der Waals surface area contributed by atoms with Crippen LogP contribution in [0.15, 0.2) is 30.3 Å². The van der Waals surface area contributed by atoms with E-state index in [4.69, 9.17) is 14.2 Å². The van der Waals surface area contributed by atoms with Gasteiger partial charge in [-0.25, -0.2) is 0 Å². The predicted octanol–water partition coefficient (Wildman–Crippen LogP) is 2.42. The molecule has 2 atom stereocenters. The van der Waals surface area contributed by atoms with Crippen molar-refractivity contribution in [2.24, 2.45) is 0 Å². The van der Waals surface area contributed by atoms with E-state index in [1.807, 2.05) is 18.2 Å². The molecule has 0 bridgehead atoms. The van der Waals surface area contributed by atoms with Crippen LogP contribution in [0.5, 0.6) is 0 Å². The zero-order valence-corrected chi connectivity index (χ0v) is 11.8. The third-order valence-corrected chi connectivity index (χ3v) is 3.61. The van der Waals surface area contributed by atoms with E-state index in [1.54, 1.807) is 0 Å². The highest BCUT2D eigenvalue weighted by molar-refractivity contribution is 14.1. The fraction of sp³-hybridized carbons (Fsp3) is 0.538. The van der Waals surface area contributed by atoms with Gasteiger partial charge in [-0.1, -0.05) is 52.9 Å². The van der Waals surface area contributed by atoms with Gasteiger partial charge in [-0.3, -0.25) is 0 Å². The van der Waals surface area contributed by atoms with Crippen molar-refractivity contribution in [3.05, 3.63) is 35.9 Å². The summed E-state index contributed by atoms with van der Waals surface area (Å²) in [5.41, 5.74) is 1.19. The van der Waals surface area contributed by atoms with Gasteiger partial charge in [0.2, 0.25) is 0 Å². The van der Waals surface area contributed by atoms with Gasteiger partial charge in [-0.15, -0.1) is 0 Å². The average molecular weight is 348 g/mol. The Bertz CT molecular complexity index is 310. The van der Waals surface area contributed by atoms with Gasteiger partial charge in [0, 0.05) is 4.43 Å². The minimum absolute atomic E-state index is 0.0814. The first-order valence-electron chi connectivity index (χ1n) is 5.79. The van der Waals surface area contributed by atoms with Crippen LogP contribution in [0, 0.1) is 0 Å². The Morgan fingerprint density at radius 3 is 2.47 bits per heavy atom. The summed E-state index contributed by atoms with van der Waals surface area (Å²) in [6.07, 6.45) is 0.332. The Labute approximate surface area is 116 Å². The van der Waals surface area contributed by atoms with Crippen molar-refractivity contribution in [2.75, 3.05) is 24.2 Å². The predicted molar refractivity (Wildman–Crippen MR) is 74.5 cm³/mol. The zero-order valence-electron chi connectivity index (χ0n) is 9.68. The summed E-state index contributed by atoms with van der Waals surface area (Å²) >= 11 is 2.31. The van der Waals surface area contributed by atoms with Crippen LogP contribution in [0.4, 0.5) is 0 Å². The molecule has 4 heteroatoms. The average Bonchev–Trinajstić information content (AvgIpc) is 2.41. The summed E-state index contributed by atoms with van der Waals surface area (Å²) in [6, 6.07) is 10.2. The molecule has 1 aromatic carbocycles. The molecule has 0 aliphatic carbocycles. The molecule has 2 rings (SSSR count). The summed E-state index contributed by atoms with van der Waals surface area (Å²) in [7, 11) is 0. The first-order chi connectivity index (χ1) is 8.38. The molecule has 0 radical (unpaired) electrons. The highest BCUT2D eigenvalue weighted by Crippen LogP contribution is 2.10. The molecular formula is C13H17IO3. The van der Waals surface area contributed by atoms with E-state index in [0.29, 0.717) is 26.4 Å². The molecule has 1 aromatic rings. The van der Waals surface area contributed by atoms with Crippen molar-refractivity contribution in [2.45, 2.75) is 18.8 Å². The Kier molecular flexibility index (Phi) is 5.70. The highest BCUT2D eigenvalue weighted by Gasteiger charge is 2.21. The lowest BCUT2D eigenvalue weighted by atomic mass is 10.2. The quantitative estimate of drug-likeness (QED) is 0.604. The monoisotopic (exact) mass is 348 g/mol. The van der Waals surface area contributed by atoms with Crippen molar-refractivity contribution < 1.29 is 14.2 Å². The molecule has 1 heterocycles. The van der Waals surface area contributed by atoms with Crippen LogP contribution >= 0.6 is 22.6 Å². The van der Waals surface area contributed by atoms with Gasteiger partial charge in [0.05, 0.1) is 32.5 Å². The second-order valence-corrected chi connectivity index (χ2v) is 4.95. The number of hydrogen-bond acceptors (Lipinski definition) is 3. The maximum atomic E-state index is 5.66. The number of halogens is 1. The second-order valence-electron chi connectivity index (χ2n) is 4.07. The maximum Gasteiger partial charge on any atom is 0.104 e. The SMILES string of the molecule is IC[C@@H]1CO[C@H](COCc2ccccc2)CO1. The smallest absolute Gasteiger partial charge is 0.104 e. The van der Waals surface area contributed by atoms with Crippen molar-refractivity contribution in [1.29, 1.82) is 0 Å². The Morgan fingerprint density at radius 1 is 1.12 bits per heavy atom. The standard InChI is InChI=1S/C13H17IO3/c14-6-12-9-17-13(10-16-12)8-15-7-11-4-2-1-3-5-11/h1-5,12-13H,6-10H2/t12-,13-/m1/s1. The van der Waals surface area contributed by atoms with Crippen LogP contribution < -0.4 is 0 Å². The van der Waals surface area contributed by atoms with Crippen LogP contribution in [0.2, 0.25) is 0 Å². The number of hydrogen-bond donors (Lipinski definition) is 0. The topological polar surface area (TPSA) is 27.7 Å². The van der Waals surface area contributed by atoms with Gasteiger partial charge in [-0.2, -0.15) is 0 Å². The lowest BCUT2D eigenvalue weighted by molar-refractivity contribution is -0.145. The highest BCUT2D eigenvalue weighted by atomic mass is 127. The van der Waals surface area contributed by atoms with Crippen molar-refractivity contribution in [3.63, 3.8) is 0 Å². The molecule has 1 aliphatic rings. The van der Waals surface area contributed by atoms with E-state index < -0.39 is 0 Å². The third kappa shape index (κ3) is 4.54. The van der Waals surface area contributed by atoms with E-state index in [9.17, 15) is 0 Å². The molecule has 0 spiro atoms. The molecule has 0 aromatic heterocycles.